The third-order valence-electron chi connectivity index (χ3n) is 4.62. The number of hydrogen-bond acceptors (Lipinski definition) is 4. The highest BCUT2D eigenvalue weighted by atomic mass is 16.3. The van der Waals surface area contributed by atoms with E-state index in [1.165, 1.54) is 12.1 Å². The predicted molar refractivity (Wildman–Crippen MR) is 89.0 cm³/mol. The predicted octanol–water partition coefficient (Wildman–Crippen LogP) is 1.69. The molecule has 0 radical (unpaired) electrons. The van der Waals surface area contributed by atoms with Gasteiger partial charge in [0.2, 0.25) is 0 Å². The molecule has 1 aromatic carbocycles. The van der Waals surface area contributed by atoms with Crippen molar-refractivity contribution in [2.75, 3.05) is 0 Å². The first-order valence-corrected chi connectivity index (χ1v) is 8.37. The maximum Gasteiger partial charge on any atom is 0.254 e. The molecule has 2 N–H and O–H groups in total. The standard InChI is InChI=1S/C19H25NO4/c1-4-11(2)9-12(3)17(22)16-18(23)15(20-19(16)24)10-13-5-7-14(21)8-6-13/h5-8,11-12,15,21-22H,4,9-10H2,1-3H3,(H,20,24)/p-1/b17-16+/t11?,12-,15?/m0/s1. The van der Waals surface area contributed by atoms with E-state index >= 15 is 0 Å². The summed E-state index contributed by atoms with van der Waals surface area (Å²) in [6.45, 7) is 5.88. The van der Waals surface area contributed by atoms with Gasteiger partial charge in [0.05, 0.1) is 11.6 Å². The van der Waals surface area contributed by atoms with E-state index in [0.29, 0.717) is 18.8 Å². The highest BCUT2D eigenvalue weighted by Crippen LogP contribution is 2.25. The summed E-state index contributed by atoms with van der Waals surface area (Å²) >= 11 is 0. The zero-order valence-corrected chi connectivity index (χ0v) is 14.3. The van der Waals surface area contributed by atoms with Crippen LogP contribution < -0.4 is 10.4 Å². The zero-order valence-electron chi connectivity index (χ0n) is 14.3. The van der Waals surface area contributed by atoms with Crippen molar-refractivity contribution >= 4 is 11.7 Å². The Morgan fingerprint density at radius 1 is 1.25 bits per heavy atom. The number of ketones is 1. The van der Waals surface area contributed by atoms with Crippen LogP contribution in [0.3, 0.4) is 0 Å². The van der Waals surface area contributed by atoms with Gasteiger partial charge in [-0.3, -0.25) is 9.59 Å². The molecule has 1 saturated heterocycles. The first-order chi connectivity index (χ1) is 11.3. The van der Waals surface area contributed by atoms with Crippen molar-refractivity contribution in [1.82, 2.24) is 5.32 Å². The molecule has 3 atom stereocenters. The number of phenols is 1. The molecule has 24 heavy (non-hydrogen) atoms. The van der Waals surface area contributed by atoms with Gasteiger partial charge in [0.15, 0.2) is 5.78 Å². The highest BCUT2D eigenvalue weighted by Gasteiger charge is 2.36. The summed E-state index contributed by atoms with van der Waals surface area (Å²) in [5, 5.41) is 24.4. The Kier molecular flexibility index (Phi) is 5.65. The third kappa shape index (κ3) is 3.96. The Balaban J connectivity index is 2.15. The summed E-state index contributed by atoms with van der Waals surface area (Å²) in [7, 11) is 0. The molecular formula is C19H24NO4-. The highest BCUT2D eigenvalue weighted by molar-refractivity contribution is 6.26. The molecular weight excluding hydrogens is 306 g/mol. The molecule has 5 nitrogen and oxygen atoms in total. The normalized spacial score (nSPS) is 22.2. The van der Waals surface area contributed by atoms with Gasteiger partial charge in [-0.1, -0.05) is 39.3 Å². The molecule has 1 aromatic rings. The summed E-state index contributed by atoms with van der Waals surface area (Å²) in [5.41, 5.74) is 0.599. The number of carbonyl (C=O) groups is 2. The van der Waals surface area contributed by atoms with Gasteiger partial charge in [-0.25, -0.2) is 0 Å². The molecule has 0 aromatic heterocycles. The third-order valence-corrected chi connectivity index (χ3v) is 4.62. The van der Waals surface area contributed by atoms with Crippen molar-refractivity contribution in [3.05, 3.63) is 41.2 Å². The van der Waals surface area contributed by atoms with Crippen LogP contribution in [0.4, 0.5) is 0 Å². The topological polar surface area (TPSA) is 89.5 Å². The van der Waals surface area contributed by atoms with Gasteiger partial charge in [-0.2, -0.15) is 0 Å². The van der Waals surface area contributed by atoms with Crippen LogP contribution in [0, 0.1) is 11.8 Å². The smallest absolute Gasteiger partial charge is 0.254 e. The van der Waals surface area contributed by atoms with Gasteiger partial charge >= 0.3 is 0 Å². The van der Waals surface area contributed by atoms with E-state index in [1.54, 1.807) is 19.1 Å². The molecule has 130 valence electrons. The summed E-state index contributed by atoms with van der Waals surface area (Å²) in [6, 6.07) is 5.73. The van der Waals surface area contributed by atoms with E-state index in [1.807, 2.05) is 0 Å². The molecule has 1 amide bonds. The van der Waals surface area contributed by atoms with E-state index in [-0.39, 0.29) is 23.0 Å². The number of allylic oxidation sites excluding steroid dienone is 1. The lowest BCUT2D eigenvalue weighted by Gasteiger charge is -2.24. The minimum atomic E-state index is -0.711. The van der Waals surface area contributed by atoms with Gasteiger partial charge < -0.3 is 15.5 Å². The van der Waals surface area contributed by atoms with E-state index < -0.39 is 17.7 Å². The Hall–Kier alpha value is -2.30. The molecule has 0 bridgehead atoms. The lowest BCUT2D eigenvalue weighted by molar-refractivity contribution is -0.316. The maximum absolute atomic E-state index is 12.5. The fourth-order valence-electron chi connectivity index (χ4n) is 2.95. The van der Waals surface area contributed by atoms with E-state index in [2.05, 4.69) is 19.2 Å². The molecule has 1 fully saturated rings. The fraction of sp³-hybridized carbons (Fsp3) is 0.474. The van der Waals surface area contributed by atoms with Gasteiger partial charge in [0.1, 0.15) is 5.75 Å². The molecule has 2 rings (SSSR count). The second-order valence-corrected chi connectivity index (χ2v) is 6.65. The van der Waals surface area contributed by atoms with Crippen molar-refractivity contribution in [3.63, 3.8) is 0 Å². The molecule has 1 heterocycles. The van der Waals surface area contributed by atoms with Gasteiger partial charge in [-0.15, -0.1) is 5.76 Å². The number of phenolic OH excluding ortho intramolecular Hbond substituents is 1. The number of carbonyl (C=O) groups excluding carboxylic acids is 2. The van der Waals surface area contributed by atoms with Gasteiger partial charge in [0.25, 0.3) is 5.91 Å². The second kappa shape index (κ2) is 7.51. The van der Waals surface area contributed by atoms with Gasteiger partial charge in [0, 0.05) is 6.42 Å². The van der Waals surface area contributed by atoms with Crippen molar-refractivity contribution in [2.45, 2.75) is 46.1 Å². The van der Waals surface area contributed by atoms with Crippen LogP contribution in [0.25, 0.3) is 0 Å². The van der Waals surface area contributed by atoms with Crippen molar-refractivity contribution in [2.24, 2.45) is 11.8 Å². The van der Waals surface area contributed by atoms with E-state index in [9.17, 15) is 19.8 Å². The summed E-state index contributed by atoms with van der Waals surface area (Å²) in [6.07, 6.45) is 1.93. The number of nitrogens with one attached hydrogen (secondary N) is 1. The molecule has 0 saturated carbocycles. The van der Waals surface area contributed by atoms with Crippen LogP contribution in [0.5, 0.6) is 5.75 Å². The molecule has 5 heteroatoms. The average molecular weight is 330 g/mol. The number of Topliss-reactive ketones (excluding diaryl/α,β-unsaturated/α-hetero) is 1. The molecule has 1 aliphatic rings. The van der Waals surface area contributed by atoms with Crippen LogP contribution in [0.15, 0.2) is 35.6 Å². The minimum Gasteiger partial charge on any atom is -0.875 e. The number of aromatic hydroxyl groups is 1. The fourth-order valence-corrected chi connectivity index (χ4v) is 2.95. The zero-order chi connectivity index (χ0) is 17.9. The molecule has 0 aliphatic carbocycles. The summed E-state index contributed by atoms with van der Waals surface area (Å²) in [5.74, 6) is -1.17. The van der Waals surface area contributed by atoms with Crippen molar-refractivity contribution in [3.8, 4) is 5.75 Å². The lowest BCUT2D eigenvalue weighted by Crippen LogP contribution is -2.31. The second-order valence-electron chi connectivity index (χ2n) is 6.65. The van der Waals surface area contributed by atoms with Crippen LogP contribution in [0.2, 0.25) is 0 Å². The van der Waals surface area contributed by atoms with Crippen molar-refractivity contribution < 1.29 is 19.8 Å². The Bertz CT molecular complexity index is 648. The average Bonchev–Trinajstić information content (AvgIpc) is 2.82. The minimum absolute atomic E-state index is 0.141. The van der Waals surface area contributed by atoms with Crippen molar-refractivity contribution in [1.29, 1.82) is 0 Å². The Morgan fingerprint density at radius 2 is 1.88 bits per heavy atom. The number of benzene rings is 1. The lowest BCUT2D eigenvalue weighted by atomic mass is 9.91. The largest absolute Gasteiger partial charge is 0.875 e. The van der Waals surface area contributed by atoms with Crippen LogP contribution in [-0.4, -0.2) is 22.8 Å². The quantitative estimate of drug-likeness (QED) is 0.472. The molecule has 1 aliphatic heterocycles. The number of rotatable bonds is 6. The van der Waals surface area contributed by atoms with Crippen LogP contribution in [0.1, 0.15) is 39.2 Å². The summed E-state index contributed by atoms with van der Waals surface area (Å²) in [4.78, 5) is 24.6. The summed E-state index contributed by atoms with van der Waals surface area (Å²) < 4.78 is 0. The molecule has 0 spiro atoms. The monoisotopic (exact) mass is 330 g/mol. The van der Waals surface area contributed by atoms with E-state index in [0.717, 1.165) is 12.0 Å². The number of amides is 1. The number of hydrogen-bond donors (Lipinski definition) is 2. The van der Waals surface area contributed by atoms with Gasteiger partial charge in [-0.05, 0) is 36.0 Å². The van der Waals surface area contributed by atoms with E-state index in [4.69, 9.17) is 0 Å². The molecule has 2 unspecified atom stereocenters. The maximum atomic E-state index is 12.5. The van der Waals surface area contributed by atoms with Crippen LogP contribution in [-0.2, 0) is 16.0 Å². The Morgan fingerprint density at radius 3 is 2.46 bits per heavy atom. The first-order valence-electron chi connectivity index (χ1n) is 8.37. The first kappa shape index (κ1) is 18.0. The Labute approximate surface area is 142 Å². The SMILES string of the molecule is CCC(C)C[C@H](C)/C([O-])=C1\C(=O)NC(Cc2ccc(O)cc2)C1=O. The van der Waals surface area contributed by atoms with Crippen LogP contribution >= 0.6 is 0 Å².